The summed E-state index contributed by atoms with van der Waals surface area (Å²) in [4.78, 5) is 2.52. The average molecular weight is 387 g/mol. The summed E-state index contributed by atoms with van der Waals surface area (Å²) in [5, 5.41) is 18.3. The molecule has 1 aromatic rings. The van der Waals surface area contributed by atoms with Crippen molar-refractivity contribution in [3.05, 3.63) is 53.6 Å². The molecule has 0 amide bonds. The van der Waals surface area contributed by atoms with Crippen LogP contribution in [0.25, 0.3) is 6.08 Å². The van der Waals surface area contributed by atoms with Crippen LogP contribution in [0.15, 0.2) is 48.1 Å². The Morgan fingerprint density at radius 1 is 1.39 bits per heavy atom. The van der Waals surface area contributed by atoms with Gasteiger partial charge < -0.3 is 25.6 Å². The molecule has 5 nitrogen and oxygen atoms in total. The van der Waals surface area contributed by atoms with Gasteiger partial charge in [0.2, 0.25) is 0 Å². The second-order valence-corrected chi connectivity index (χ2v) is 7.14. The number of aliphatic hydroxyl groups is 2. The van der Waals surface area contributed by atoms with Gasteiger partial charge >= 0.3 is 0 Å². The van der Waals surface area contributed by atoms with Crippen LogP contribution in [0.1, 0.15) is 38.7 Å². The minimum absolute atomic E-state index is 0.00116. The van der Waals surface area contributed by atoms with Crippen molar-refractivity contribution in [2.45, 2.75) is 45.3 Å². The monoisotopic (exact) mass is 386 g/mol. The first-order valence-electron chi connectivity index (χ1n) is 10.1. The maximum absolute atomic E-state index is 9.43. The van der Waals surface area contributed by atoms with Gasteiger partial charge in [-0.1, -0.05) is 50.8 Å². The number of ether oxygens (including phenoxy) is 1. The number of nitrogens with zero attached hydrogens (tertiary/aromatic N) is 1. The summed E-state index contributed by atoms with van der Waals surface area (Å²) < 4.78 is 5.50. The summed E-state index contributed by atoms with van der Waals surface area (Å²) >= 11 is 0. The van der Waals surface area contributed by atoms with Gasteiger partial charge in [0.25, 0.3) is 0 Å². The minimum Gasteiger partial charge on any atom is -0.489 e. The average Bonchev–Trinajstić information content (AvgIpc) is 2.73. The van der Waals surface area contributed by atoms with Crippen molar-refractivity contribution in [2.24, 2.45) is 0 Å². The Morgan fingerprint density at radius 3 is 2.75 bits per heavy atom. The van der Waals surface area contributed by atoms with E-state index in [1.807, 2.05) is 24.3 Å². The third-order valence-corrected chi connectivity index (χ3v) is 5.33. The summed E-state index contributed by atoms with van der Waals surface area (Å²) in [6.07, 6.45) is 8.63. The SMILES string of the molecule is C=C(/C=C\c1cccc(OCC(O)CO)c1N)C1=CC[C@H](N(CC)CC)CC1. The number of nitrogen functional groups attached to an aromatic ring is 1. The zero-order chi connectivity index (χ0) is 20.5. The molecule has 0 aliphatic heterocycles. The van der Waals surface area contributed by atoms with E-state index in [1.165, 1.54) is 12.0 Å². The lowest BCUT2D eigenvalue weighted by atomic mass is 9.90. The topological polar surface area (TPSA) is 78.9 Å². The molecule has 0 saturated heterocycles. The predicted octanol–water partition coefficient (Wildman–Crippen LogP) is 3.39. The van der Waals surface area contributed by atoms with E-state index in [9.17, 15) is 5.11 Å². The first-order chi connectivity index (χ1) is 13.5. The van der Waals surface area contributed by atoms with Crippen molar-refractivity contribution in [1.82, 2.24) is 4.90 Å². The zero-order valence-electron chi connectivity index (χ0n) is 17.1. The van der Waals surface area contributed by atoms with Crippen LogP contribution < -0.4 is 10.5 Å². The Balaban J connectivity index is 2.01. The zero-order valence-corrected chi connectivity index (χ0v) is 17.1. The fourth-order valence-corrected chi connectivity index (χ4v) is 3.55. The first kappa shape index (κ1) is 22.2. The molecular formula is C23H34N2O3. The maximum atomic E-state index is 9.43. The predicted molar refractivity (Wildman–Crippen MR) is 116 cm³/mol. The lowest BCUT2D eigenvalue weighted by molar-refractivity contribution is 0.0538. The van der Waals surface area contributed by atoms with Gasteiger partial charge in [-0.2, -0.15) is 0 Å². The number of para-hydroxylation sites is 1. The molecule has 0 radical (unpaired) electrons. The van der Waals surface area contributed by atoms with Crippen molar-refractivity contribution >= 4 is 11.8 Å². The Hall–Kier alpha value is -2.08. The van der Waals surface area contributed by atoms with Crippen LogP contribution in [-0.2, 0) is 0 Å². The molecule has 2 atom stereocenters. The Morgan fingerprint density at radius 2 is 2.14 bits per heavy atom. The van der Waals surface area contributed by atoms with E-state index in [2.05, 4.69) is 31.4 Å². The van der Waals surface area contributed by atoms with E-state index in [1.54, 1.807) is 6.07 Å². The van der Waals surface area contributed by atoms with Crippen molar-refractivity contribution in [1.29, 1.82) is 0 Å². The molecule has 28 heavy (non-hydrogen) atoms. The number of anilines is 1. The third-order valence-electron chi connectivity index (χ3n) is 5.33. The number of rotatable bonds is 10. The maximum Gasteiger partial charge on any atom is 0.142 e. The molecule has 0 bridgehead atoms. The van der Waals surface area contributed by atoms with Crippen LogP contribution >= 0.6 is 0 Å². The van der Waals surface area contributed by atoms with Crippen LogP contribution in [0.5, 0.6) is 5.75 Å². The molecule has 154 valence electrons. The molecule has 0 heterocycles. The van der Waals surface area contributed by atoms with Crippen LogP contribution in [0, 0.1) is 0 Å². The molecule has 0 spiro atoms. The number of hydrogen-bond acceptors (Lipinski definition) is 5. The molecule has 0 fully saturated rings. The molecule has 0 saturated carbocycles. The van der Waals surface area contributed by atoms with Crippen LogP contribution in [0.3, 0.4) is 0 Å². The highest BCUT2D eigenvalue weighted by atomic mass is 16.5. The summed E-state index contributed by atoms with van der Waals surface area (Å²) in [7, 11) is 0. The summed E-state index contributed by atoms with van der Waals surface area (Å²) in [6.45, 7) is 10.5. The fourth-order valence-electron chi connectivity index (χ4n) is 3.55. The normalized spacial score (nSPS) is 18.3. The van der Waals surface area contributed by atoms with E-state index in [-0.39, 0.29) is 13.2 Å². The number of aliphatic hydroxyl groups excluding tert-OH is 2. The highest BCUT2D eigenvalue weighted by Crippen LogP contribution is 2.29. The van der Waals surface area contributed by atoms with Crippen LogP contribution in [-0.4, -0.2) is 53.6 Å². The van der Waals surface area contributed by atoms with Gasteiger partial charge in [-0.3, -0.25) is 0 Å². The molecular weight excluding hydrogens is 352 g/mol. The van der Waals surface area contributed by atoms with Gasteiger partial charge in [-0.25, -0.2) is 0 Å². The molecule has 2 rings (SSSR count). The van der Waals surface area contributed by atoms with Crippen molar-refractivity contribution in [3.8, 4) is 5.75 Å². The number of benzene rings is 1. The van der Waals surface area contributed by atoms with Crippen molar-refractivity contribution < 1.29 is 14.9 Å². The highest BCUT2D eigenvalue weighted by molar-refractivity contribution is 5.71. The van der Waals surface area contributed by atoms with Crippen molar-refractivity contribution in [3.63, 3.8) is 0 Å². The van der Waals surface area contributed by atoms with Gasteiger partial charge in [0.05, 0.1) is 12.3 Å². The highest BCUT2D eigenvalue weighted by Gasteiger charge is 2.19. The Labute approximate surface area is 168 Å². The summed E-state index contributed by atoms with van der Waals surface area (Å²) in [6, 6.07) is 6.16. The minimum atomic E-state index is -0.920. The first-order valence-corrected chi connectivity index (χ1v) is 10.1. The van der Waals surface area contributed by atoms with Crippen molar-refractivity contribution in [2.75, 3.05) is 32.0 Å². The second-order valence-electron chi connectivity index (χ2n) is 7.14. The molecule has 1 aliphatic carbocycles. The summed E-state index contributed by atoms with van der Waals surface area (Å²) in [5.74, 6) is 0.499. The van der Waals surface area contributed by atoms with Gasteiger partial charge in [-0.05, 0) is 49.6 Å². The van der Waals surface area contributed by atoms with E-state index in [0.717, 1.165) is 37.1 Å². The quantitative estimate of drug-likeness (QED) is 0.424. The molecule has 0 aromatic heterocycles. The smallest absolute Gasteiger partial charge is 0.142 e. The number of nitrogens with two attached hydrogens (primary N) is 1. The molecule has 5 heteroatoms. The lowest BCUT2D eigenvalue weighted by Gasteiger charge is -2.32. The third kappa shape index (κ3) is 5.96. The Kier molecular flexibility index (Phi) is 8.77. The molecule has 1 aromatic carbocycles. The van der Waals surface area contributed by atoms with Gasteiger partial charge in [0.1, 0.15) is 18.5 Å². The van der Waals surface area contributed by atoms with Crippen LogP contribution in [0.2, 0.25) is 0 Å². The van der Waals surface area contributed by atoms with E-state index < -0.39 is 6.10 Å². The van der Waals surface area contributed by atoms with E-state index >= 15 is 0 Å². The molecule has 1 aliphatic rings. The van der Waals surface area contributed by atoms with E-state index in [0.29, 0.717) is 17.5 Å². The standard InChI is InChI=1S/C23H34N2O3/c1-4-25(5-2)20-13-11-18(12-14-20)17(3)9-10-19-7-6-8-22(23(19)24)28-16-21(27)15-26/h6-11,20-21,26-27H,3-5,12-16,24H2,1-2H3/b10-9-/t20-,21?/m0/s1. The second kappa shape index (κ2) is 11.1. The molecule has 4 N–H and O–H groups in total. The summed E-state index contributed by atoms with van der Waals surface area (Å²) in [5.41, 5.74) is 9.86. The molecule has 1 unspecified atom stereocenters. The number of hydrogen-bond donors (Lipinski definition) is 3. The van der Waals surface area contributed by atoms with Gasteiger partial charge in [0.15, 0.2) is 0 Å². The van der Waals surface area contributed by atoms with E-state index in [4.69, 9.17) is 15.6 Å². The largest absolute Gasteiger partial charge is 0.489 e. The Bertz CT molecular complexity index is 708. The number of allylic oxidation sites excluding steroid dienone is 3. The lowest BCUT2D eigenvalue weighted by Crippen LogP contribution is -2.35. The van der Waals surface area contributed by atoms with Gasteiger partial charge in [-0.15, -0.1) is 0 Å². The van der Waals surface area contributed by atoms with Crippen LogP contribution in [0.4, 0.5) is 5.69 Å². The van der Waals surface area contributed by atoms with Gasteiger partial charge in [0, 0.05) is 11.6 Å². The fraction of sp³-hybridized carbons (Fsp3) is 0.478.